The number of amides is 1. The topological polar surface area (TPSA) is 29.5 Å². The van der Waals surface area contributed by atoms with Gasteiger partial charge < -0.3 is 9.64 Å². The highest BCUT2D eigenvalue weighted by atomic mass is 35.5. The van der Waals surface area contributed by atoms with Gasteiger partial charge in [0, 0.05) is 24.5 Å². The van der Waals surface area contributed by atoms with Crippen molar-refractivity contribution in [2.24, 2.45) is 0 Å². The molecule has 0 fully saturated rings. The number of carbonyl (C=O) groups is 1. The number of methoxy groups -OCH3 is 1. The van der Waals surface area contributed by atoms with E-state index in [0.717, 1.165) is 0 Å². The second kappa shape index (κ2) is 6.59. The summed E-state index contributed by atoms with van der Waals surface area (Å²) in [7, 11) is 3.06. The number of ether oxygens (including phenoxy) is 1. The molecule has 0 aliphatic rings. The minimum atomic E-state index is -0.480. The first-order valence-electron chi connectivity index (χ1n) is 5.68. The van der Waals surface area contributed by atoms with Crippen LogP contribution in [0.2, 0.25) is 0 Å². The number of nitrogens with zero attached hydrogens (tertiary/aromatic N) is 1. The van der Waals surface area contributed by atoms with Gasteiger partial charge in [-0.2, -0.15) is 0 Å². The fraction of sp³-hybridized carbons (Fsp3) is 0.462. The molecule has 0 N–H and O–H groups in total. The Bertz CT molecular complexity index is 423. The van der Waals surface area contributed by atoms with Crippen molar-refractivity contribution in [1.29, 1.82) is 0 Å². The van der Waals surface area contributed by atoms with E-state index in [4.69, 9.17) is 16.3 Å². The molecular weight excluding hydrogens is 257 g/mol. The van der Waals surface area contributed by atoms with E-state index in [9.17, 15) is 9.18 Å². The normalized spacial score (nSPS) is 12.1. The quantitative estimate of drug-likeness (QED) is 0.772. The van der Waals surface area contributed by atoms with E-state index in [1.165, 1.54) is 25.3 Å². The van der Waals surface area contributed by atoms with E-state index in [2.05, 4.69) is 0 Å². The highest BCUT2D eigenvalue weighted by molar-refractivity contribution is 6.20. The predicted octanol–water partition coefficient (Wildman–Crippen LogP) is 2.92. The first-order chi connectivity index (χ1) is 8.45. The highest BCUT2D eigenvalue weighted by Gasteiger charge is 2.14. The SMILES string of the molecule is COc1cc(C(=O)N(C)CCC(C)Cl)ccc1F. The number of halogens is 2. The van der Waals surface area contributed by atoms with Gasteiger partial charge in [-0.25, -0.2) is 4.39 Å². The van der Waals surface area contributed by atoms with Gasteiger partial charge in [-0.15, -0.1) is 11.6 Å². The van der Waals surface area contributed by atoms with Gasteiger partial charge in [0.15, 0.2) is 11.6 Å². The first-order valence-corrected chi connectivity index (χ1v) is 6.12. The summed E-state index contributed by atoms with van der Waals surface area (Å²) in [5, 5.41) is 0.0167. The Kier molecular flexibility index (Phi) is 5.41. The Morgan fingerprint density at radius 1 is 1.56 bits per heavy atom. The van der Waals surface area contributed by atoms with E-state index in [-0.39, 0.29) is 17.0 Å². The summed E-state index contributed by atoms with van der Waals surface area (Å²) < 4.78 is 18.1. The Morgan fingerprint density at radius 2 is 2.22 bits per heavy atom. The van der Waals surface area contributed by atoms with Crippen LogP contribution < -0.4 is 4.74 Å². The van der Waals surface area contributed by atoms with Crippen LogP contribution in [0.4, 0.5) is 4.39 Å². The fourth-order valence-electron chi connectivity index (χ4n) is 1.49. The third-order valence-corrected chi connectivity index (χ3v) is 2.83. The maximum Gasteiger partial charge on any atom is 0.253 e. The van der Waals surface area contributed by atoms with Crippen LogP contribution in [0.5, 0.6) is 5.75 Å². The van der Waals surface area contributed by atoms with Crippen LogP contribution in [0, 0.1) is 5.82 Å². The van der Waals surface area contributed by atoms with Crippen molar-refractivity contribution < 1.29 is 13.9 Å². The van der Waals surface area contributed by atoms with Crippen molar-refractivity contribution in [1.82, 2.24) is 4.90 Å². The summed E-state index contributed by atoms with van der Waals surface area (Å²) in [6, 6.07) is 4.07. The zero-order chi connectivity index (χ0) is 13.7. The predicted molar refractivity (Wildman–Crippen MR) is 69.8 cm³/mol. The largest absolute Gasteiger partial charge is 0.494 e. The van der Waals surface area contributed by atoms with Gasteiger partial charge in [-0.1, -0.05) is 0 Å². The molecule has 0 saturated carbocycles. The van der Waals surface area contributed by atoms with Crippen LogP contribution in [-0.4, -0.2) is 36.9 Å². The molecule has 1 aromatic rings. The molecule has 1 aromatic carbocycles. The molecule has 0 aliphatic heterocycles. The summed E-state index contributed by atoms with van der Waals surface area (Å²) in [4.78, 5) is 13.6. The van der Waals surface area contributed by atoms with Crippen molar-refractivity contribution >= 4 is 17.5 Å². The Balaban J connectivity index is 2.77. The van der Waals surface area contributed by atoms with Gasteiger partial charge in [0.05, 0.1) is 7.11 Å². The molecule has 0 radical (unpaired) electrons. The van der Waals surface area contributed by atoms with Gasteiger partial charge in [0.1, 0.15) is 0 Å². The number of carbonyl (C=O) groups excluding carboxylic acids is 1. The van der Waals surface area contributed by atoms with Gasteiger partial charge in [-0.05, 0) is 31.5 Å². The van der Waals surface area contributed by atoms with Gasteiger partial charge >= 0.3 is 0 Å². The lowest BCUT2D eigenvalue weighted by Crippen LogP contribution is -2.28. The van der Waals surface area contributed by atoms with Crippen LogP contribution in [0.3, 0.4) is 0 Å². The minimum Gasteiger partial charge on any atom is -0.494 e. The molecule has 0 heterocycles. The van der Waals surface area contributed by atoms with Crippen molar-refractivity contribution in [3.8, 4) is 5.75 Å². The Morgan fingerprint density at radius 3 is 2.78 bits per heavy atom. The van der Waals surface area contributed by atoms with E-state index < -0.39 is 5.82 Å². The van der Waals surface area contributed by atoms with Crippen LogP contribution >= 0.6 is 11.6 Å². The molecule has 0 saturated heterocycles. The number of rotatable bonds is 5. The van der Waals surface area contributed by atoms with E-state index >= 15 is 0 Å². The van der Waals surface area contributed by atoms with Crippen molar-refractivity contribution in [2.75, 3.05) is 20.7 Å². The molecule has 0 spiro atoms. The summed E-state index contributed by atoms with van der Waals surface area (Å²) in [6.07, 6.45) is 0.710. The van der Waals surface area contributed by atoms with Crippen molar-refractivity contribution in [3.63, 3.8) is 0 Å². The number of alkyl halides is 1. The van der Waals surface area contributed by atoms with Crippen LogP contribution in [0.1, 0.15) is 23.7 Å². The summed E-state index contributed by atoms with van der Waals surface area (Å²) in [5.41, 5.74) is 0.401. The molecule has 0 aliphatic carbocycles. The lowest BCUT2D eigenvalue weighted by Gasteiger charge is -2.18. The minimum absolute atomic E-state index is 0.0167. The molecule has 5 heteroatoms. The van der Waals surface area contributed by atoms with Gasteiger partial charge in [0.2, 0.25) is 0 Å². The number of benzene rings is 1. The molecule has 1 unspecified atom stereocenters. The second-order valence-electron chi connectivity index (χ2n) is 4.15. The van der Waals surface area contributed by atoms with E-state index in [1.54, 1.807) is 11.9 Å². The van der Waals surface area contributed by atoms with Crippen LogP contribution in [0.15, 0.2) is 18.2 Å². The molecule has 18 heavy (non-hydrogen) atoms. The molecule has 1 amide bonds. The standard InChI is InChI=1S/C13H17ClFNO2/c1-9(14)6-7-16(2)13(17)10-4-5-11(15)12(8-10)18-3/h4-5,8-9H,6-7H2,1-3H3. The first kappa shape index (κ1) is 14.8. The summed E-state index contributed by atoms with van der Waals surface area (Å²) >= 11 is 5.83. The summed E-state index contributed by atoms with van der Waals surface area (Å²) in [6.45, 7) is 2.43. The Hall–Kier alpha value is -1.29. The number of hydrogen-bond acceptors (Lipinski definition) is 2. The molecule has 3 nitrogen and oxygen atoms in total. The molecule has 100 valence electrons. The van der Waals surface area contributed by atoms with Crippen molar-refractivity contribution in [3.05, 3.63) is 29.6 Å². The average Bonchev–Trinajstić information content (AvgIpc) is 2.35. The monoisotopic (exact) mass is 273 g/mol. The highest BCUT2D eigenvalue weighted by Crippen LogP contribution is 2.19. The fourth-order valence-corrected chi connectivity index (χ4v) is 1.58. The molecular formula is C13H17ClFNO2. The molecule has 1 rings (SSSR count). The van der Waals surface area contributed by atoms with E-state index in [0.29, 0.717) is 18.5 Å². The molecule has 1 atom stereocenters. The van der Waals surface area contributed by atoms with Crippen LogP contribution in [0.25, 0.3) is 0 Å². The maximum atomic E-state index is 13.2. The smallest absolute Gasteiger partial charge is 0.253 e. The summed E-state index contributed by atoms with van der Waals surface area (Å²) in [5.74, 6) is -0.586. The van der Waals surface area contributed by atoms with E-state index in [1.807, 2.05) is 6.92 Å². The second-order valence-corrected chi connectivity index (χ2v) is 4.89. The average molecular weight is 274 g/mol. The molecule has 0 aromatic heterocycles. The zero-order valence-corrected chi connectivity index (χ0v) is 11.5. The van der Waals surface area contributed by atoms with Gasteiger partial charge in [-0.3, -0.25) is 4.79 Å². The van der Waals surface area contributed by atoms with Crippen molar-refractivity contribution in [2.45, 2.75) is 18.7 Å². The maximum absolute atomic E-state index is 13.2. The lowest BCUT2D eigenvalue weighted by molar-refractivity contribution is 0.0793. The number of hydrogen-bond donors (Lipinski definition) is 0. The molecule has 0 bridgehead atoms. The van der Waals surface area contributed by atoms with Gasteiger partial charge in [0.25, 0.3) is 5.91 Å². The third kappa shape index (κ3) is 3.88. The lowest BCUT2D eigenvalue weighted by atomic mass is 10.1. The third-order valence-electron chi connectivity index (χ3n) is 2.61. The Labute approximate surface area is 111 Å². The van der Waals surface area contributed by atoms with Crippen LogP contribution in [-0.2, 0) is 0 Å². The zero-order valence-electron chi connectivity index (χ0n) is 10.7.